The quantitative estimate of drug-likeness (QED) is 0.683. The van der Waals surface area contributed by atoms with E-state index in [9.17, 15) is 9.90 Å². The molecule has 0 radical (unpaired) electrons. The third-order valence-electron chi connectivity index (χ3n) is 4.36. The third-order valence-corrected chi connectivity index (χ3v) is 4.36. The van der Waals surface area contributed by atoms with Gasteiger partial charge >= 0.3 is 0 Å². The van der Waals surface area contributed by atoms with Gasteiger partial charge in [-0.3, -0.25) is 9.78 Å². The first-order valence-electron chi connectivity index (χ1n) is 8.76. The Bertz CT molecular complexity index is 971. The van der Waals surface area contributed by atoms with Gasteiger partial charge in [-0.2, -0.15) is 0 Å². The number of rotatable bonds is 6. The number of aromatic nitrogens is 1. The van der Waals surface area contributed by atoms with Crippen LogP contribution in [0.5, 0.6) is 11.5 Å². The van der Waals surface area contributed by atoms with Crippen molar-refractivity contribution in [2.45, 2.75) is 13.0 Å². The number of amides is 1. The van der Waals surface area contributed by atoms with Gasteiger partial charge in [-0.15, -0.1) is 0 Å². The van der Waals surface area contributed by atoms with Gasteiger partial charge in [-0.05, 0) is 42.8 Å². The minimum atomic E-state index is -1.28. The number of anilines is 1. The molecule has 0 saturated carbocycles. The molecule has 2 aromatic carbocycles. The van der Waals surface area contributed by atoms with Crippen LogP contribution >= 0.6 is 0 Å². The lowest BCUT2D eigenvalue weighted by Gasteiger charge is -2.15. The number of nitrogens with one attached hydrogen (secondary N) is 1. The maximum absolute atomic E-state index is 12.6. The van der Waals surface area contributed by atoms with E-state index in [-0.39, 0.29) is 0 Å². The molecule has 1 atom stereocenters. The van der Waals surface area contributed by atoms with Crippen LogP contribution in [0.3, 0.4) is 0 Å². The van der Waals surface area contributed by atoms with Gasteiger partial charge in [0.15, 0.2) is 17.6 Å². The first-order valence-corrected chi connectivity index (χ1v) is 8.76. The first kappa shape index (κ1) is 19.4. The van der Waals surface area contributed by atoms with Crippen LogP contribution in [-0.2, 0) is 4.79 Å². The Hall–Kier alpha value is -3.38. The highest BCUT2D eigenvalue weighted by Crippen LogP contribution is 2.34. The lowest BCUT2D eigenvalue weighted by molar-refractivity contribution is -0.124. The summed E-state index contributed by atoms with van der Waals surface area (Å²) >= 11 is 0. The van der Waals surface area contributed by atoms with Crippen molar-refractivity contribution < 1.29 is 19.4 Å². The summed E-state index contributed by atoms with van der Waals surface area (Å²) in [7, 11) is 3.12. The van der Waals surface area contributed by atoms with Crippen LogP contribution in [0.15, 0.2) is 60.8 Å². The number of hydrogen-bond acceptors (Lipinski definition) is 5. The topological polar surface area (TPSA) is 80.7 Å². The Kier molecular flexibility index (Phi) is 5.91. The van der Waals surface area contributed by atoms with E-state index in [0.717, 1.165) is 11.1 Å². The molecule has 1 amide bonds. The van der Waals surface area contributed by atoms with Gasteiger partial charge in [0.1, 0.15) is 0 Å². The molecule has 0 bridgehead atoms. The molecule has 0 saturated heterocycles. The summed E-state index contributed by atoms with van der Waals surface area (Å²) < 4.78 is 10.6. The van der Waals surface area contributed by atoms with E-state index in [2.05, 4.69) is 10.3 Å². The number of aryl methyl sites for hydroxylation is 1. The molecular weight excluding hydrogens is 356 g/mol. The van der Waals surface area contributed by atoms with E-state index < -0.39 is 12.0 Å². The maximum Gasteiger partial charge on any atom is 0.257 e. The van der Waals surface area contributed by atoms with Crippen molar-refractivity contribution in [3.05, 3.63) is 71.9 Å². The van der Waals surface area contributed by atoms with Crippen molar-refractivity contribution in [3.63, 3.8) is 0 Å². The summed E-state index contributed by atoms with van der Waals surface area (Å²) in [5, 5.41) is 13.1. The molecule has 3 rings (SSSR count). The van der Waals surface area contributed by atoms with Crippen LogP contribution in [0.1, 0.15) is 17.2 Å². The zero-order valence-electron chi connectivity index (χ0n) is 16.0. The van der Waals surface area contributed by atoms with Gasteiger partial charge in [-0.25, -0.2) is 0 Å². The number of benzene rings is 2. The van der Waals surface area contributed by atoms with Gasteiger partial charge in [0, 0.05) is 11.8 Å². The average Bonchev–Trinajstić information content (AvgIpc) is 2.73. The van der Waals surface area contributed by atoms with Crippen molar-refractivity contribution >= 4 is 11.6 Å². The lowest BCUT2D eigenvalue weighted by Crippen LogP contribution is -2.21. The average molecular weight is 378 g/mol. The second kappa shape index (κ2) is 8.54. The summed E-state index contributed by atoms with van der Waals surface area (Å²) in [5.74, 6) is 0.628. The highest BCUT2D eigenvalue weighted by molar-refractivity contribution is 5.97. The van der Waals surface area contributed by atoms with E-state index in [1.807, 2.05) is 25.1 Å². The summed E-state index contributed by atoms with van der Waals surface area (Å²) in [4.78, 5) is 17.0. The van der Waals surface area contributed by atoms with Crippen LogP contribution < -0.4 is 14.8 Å². The fourth-order valence-electron chi connectivity index (χ4n) is 2.82. The molecule has 1 heterocycles. The molecule has 6 nitrogen and oxygen atoms in total. The SMILES string of the molecule is COc1ccc(-c2ncccc2NC(=O)C(O)c2ccc(C)cc2)cc1OC. The standard InChI is InChI=1S/C22H22N2O4/c1-14-6-8-15(9-7-14)21(25)22(26)24-17-5-4-12-23-20(17)16-10-11-18(27-2)19(13-16)28-3/h4-13,21,25H,1-3H3,(H,24,26). The smallest absolute Gasteiger partial charge is 0.257 e. The van der Waals surface area contributed by atoms with E-state index in [4.69, 9.17) is 9.47 Å². The van der Waals surface area contributed by atoms with Crippen LogP contribution in [-0.4, -0.2) is 30.2 Å². The monoisotopic (exact) mass is 378 g/mol. The zero-order chi connectivity index (χ0) is 20.1. The number of pyridine rings is 1. The normalized spacial score (nSPS) is 11.6. The molecule has 144 valence electrons. The maximum atomic E-state index is 12.6. The van der Waals surface area contributed by atoms with E-state index >= 15 is 0 Å². The van der Waals surface area contributed by atoms with Crippen LogP contribution in [0.4, 0.5) is 5.69 Å². The van der Waals surface area contributed by atoms with E-state index in [0.29, 0.717) is 28.4 Å². The first-order chi connectivity index (χ1) is 13.5. The number of hydrogen-bond donors (Lipinski definition) is 2. The molecule has 0 aliphatic carbocycles. The summed E-state index contributed by atoms with van der Waals surface area (Å²) in [5.41, 5.74) is 3.39. The lowest BCUT2D eigenvalue weighted by atomic mass is 10.1. The number of carbonyl (C=O) groups excluding carboxylic acids is 1. The molecule has 2 N–H and O–H groups in total. The fraction of sp³-hybridized carbons (Fsp3) is 0.182. The third kappa shape index (κ3) is 4.13. The predicted octanol–water partition coefficient (Wildman–Crippen LogP) is 3.75. The number of methoxy groups -OCH3 is 2. The van der Waals surface area contributed by atoms with Crippen molar-refractivity contribution in [2.24, 2.45) is 0 Å². The minimum absolute atomic E-state index is 0.492. The van der Waals surface area contributed by atoms with Gasteiger partial charge in [0.2, 0.25) is 0 Å². The zero-order valence-corrected chi connectivity index (χ0v) is 16.0. The van der Waals surface area contributed by atoms with Crippen molar-refractivity contribution in [3.8, 4) is 22.8 Å². The molecule has 3 aromatic rings. The number of aliphatic hydroxyl groups is 1. The number of nitrogens with zero attached hydrogens (tertiary/aromatic N) is 1. The molecule has 28 heavy (non-hydrogen) atoms. The largest absolute Gasteiger partial charge is 0.493 e. The molecule has 0 aliphatic heterocycles. The number of aliphatic hydroxyl groups excluding tert-OH is 1. The van der Waals surface area contributed by atoms with Gasteiger partial charge in [-0.1, -0.05) is 29.8 Å². The van der Waals surface area contributed by atoms with Crippen LogP contribution in [0, 0.1) is 6.92 Å². The molecule has 0 fully saturated rings. The number of ether oxygens (including phenoxy) is 2. The van der Waals surface area contributed by atoms with Gasteiger partial charge in [0.25, 0.3) is 5.91 Å². The van der Waals surface area contributed by atoms with Crippen molar-refractivity contribution in [2.75, 3.05) is 19.5 Å². The van der Waals surface area contributed by atoms with Crippen LogP contribution in [0.25, 0.3) is 11.3 Å². The molecular formula is C22H22N2O4. The Morgan fingerprint density at radius 3 is 2.43 bits per heavy atom. The van der Waals surface area contributed by atoms with Gasteiger partial charge in [0.05, 0.1) is 25.6 Å². The molecule has 1 unspecified atom stereocenters. The minimum Gasteiger partial charge on any atom is -0.493 e. The second-order valence-electron chi connectivity index (χ2n) is 6.27. The second-order valence-corrected chi connectivity index (χ2v) is 6.27. The summed E-state index contributed by atoms with van der Waals surface area (Å²) in [6.45, 7) is 1.95. The van der Waals surface area contributed by atoms with Crippen molar-refractivity contribution in [1.29, 1.82) is 0 Å². The molecule has 6 heteroatoms. The highest BCUT2D eigenvalue weighted by Gasteiger charge is 2.19. The van der Waals surface area contributed by atoms with E-state index in [1.165, 1.54) is 0 Å². The van der Waals surface area contributed by atoms with Crippen LogP contribution in [0.2, 0.25) is 0 Å². The Labute approximate surface area is 163 Å². The number of carbonyl (C=O) groups is 1. The van der Waals surface area contributed by atoms with Crippen molar-refractivity contribution in [1.82, 2.24) is 4.98 Å². The Balaban J connectivity index is 1.88. The Morgan fingerprint density at radius 1 is 1.04 bits per heavy atom. The predicted molar refractivity (Wildman–Crippen MR) is 108 cm³/mol. The Morgan fingerprint density at radius 2 is 1.75 bits per heavy atom. The highest BCUT2D eigenvalue weighted by atomic mass is 16.5. The fourth-order valence-corrected chi connectivity index (χ4v) is 2.82. The molecule has 0 spiro atoms. The summed E-state index contributed by atoms with van der Waals surface area (Å²) in [6, 6.07) is 16.0. The van der Waals surface area contributed by atoms with E-state index in [1.54, 1.807) is 56.8 Å². The molecule has 1 aromatic heterocycles. The van der Waals surface area contributed by atoms with Gasteiger partial charge < -0.3 is 19.9 Å². The molecule has 0 aliphatic rings. The summed E-state index contributed by atoms with van der Waals surface area (Å²) in [6.07, 6.45) is 0.358.